The number of ether oxygens (including phenoxy) is 2. The van der Waals surface area contributed by atoms with Gasteiger partial charge in [0.05, 0.1) is 6.61 Å². The van der Waals surface area contributed by atoms with Crippen molar-refractivity contribution in [2.45, 2.75) is 65.4 Å². The Morgan fingerprint density at radius 2 is 1.61 bits per heavy atom. The fourth-order valence-corrected chi connectivity index (χ4v) is 6.85. The zero-order valence-electron chi connectivity index (χ0n) is 22.7. The van der Waals surface area contributed by atoms with Gasteiger partial charge in [0, 0.05) is 0 Å². The van der Waals surface area contributed by atoms with Crippen LogP contribution in [0.5, 0.6) is 11.5 Å². The maximum absolute atomic E-state index is 14.3. The summed E-state index contributed by atoms with van der Waals surface area (Å²) in [7, 11) is 0. The van der Waals surface area contributed by atoms with E-state index in [1.165, 1.54) is 56.2 Å². The summed E-state index contributed by atoms with van der Waals surface area (Å²) in [6.45, 7) is 8.64. The van der Waals surface area contributed by atoms with Crippen molar-refractivity contribution in [2.75, 3.05) is 6.61 Å². The van der Waals surface area contributed by atoms with Gasteiger partial charge in [0.15, 0.2) is 11.5 Å². The maximum atomic E-state index is 14.3. The minimum atomic E-state index is -1.02. The van der Waals surface area contributed by atoms with Crippen LogP contribution in [-0.2, 0) is 6.61 Å². The number of hydrogen-bond donors (Lipinski definition) is 0. The van der Waals surface area contributed by atoms with Crippen molar-refractivity contribution in [3.8, 4) is 11.5 Å². The second-order valence-corrected chi connectivity index (χ2v) is 11.7. The second-order valence-electron chi connectivity index (χ2n) is 11.7. The third kappa shape index (κ3) is 5.60. The fourth-order valence-electron chi connectivity index (χ4n) is 6.85. The minimum absolute atomic E-state index is 0.102. The van der Waals surface area contributed by atoms with Gasteiger partial charge in [0.1, 0.15) is 6.61 Å². The molecule has 38 heavy (non-hydrogen) atoms. The Hall–Kier alpha value is -2.88. The first-order valence-electron chi connectivity index (χ1n) is 14.2. The standard InChI is InChI=1S/C34H40F2O2/c1-4-23-6-11-28-21-29(13-12-27(28)20-23)34(3)18-16-26(17-19-34)25-9-7-24(8-10-25)22-38-31-15-14-30(37-5-2)32(35)33(31)36/h4,7-10,14-18,23,27-29H,1,5-6,11-13,19-22H2,2-3H3. The number of halogens is 2. The third-order valence-electron chi connectivity index (χ3n) is 9.32. The van der Waals surface area contributed by atoms with E-state index >= 15 is 0 Å². The van der Waals surface area contributed by atoms with Crippen LogP contribution < -0.4 is 9.47 Å². The summed E-state index contributed by atoms with van der Waals surface area (Å²) in [6.07, 6.45) is 18.5. The quantitative estimate of drug-likeness (QED) is 0.324. The molecular weight excluding hydrogens is 478 g/mol. The van der Waals surface area contributed by atoms with Gasteiger partial charge >= 0.3 is 0 Å². The third-order valence-corrected chi connectivity index (χ3v) is 9.32. The molecule has 2 aromatic rings. The lowest BCUT2D eigenvalue weighted by Crippen LogP contribution is -2.37. The van der Waals surface area contributed by atoms with Gasteiger partial charge in [-0.05, 0) is 110 Å². The first kappa shape index (κ1) is 26.7. The molecule has 0 amide bonds. The Balaban J connectivity index is 1.17. The fraction of sp³-hybridized carbons (Fsp3) is 0.471. The summed E-state index contributed by atoms with van der Waals surface area (Å²) in [5, 5.41) is 0. The smallest absolute Gasteiger partial charge is 0.204 e. The number of rotatable bonds is 8. The van der Waals surface area contributed by atoms with E-state index in [0.717, 1.165) is 41.2 Å². The van der Waals surface area contributed by atoms with Gasteiger partial charge in [-0.3, -0.25) is 0 Å². The zero-order chi connectivity index (χ0) is 26.7. The molecule has 5 rings (SSSR count). The summed E-state index contributed by atoms with van der Waals surface area (Å²) in [5.41, 5.74) is 3.54. The lowest BCUT2D eigenvalue weighted by Gasteiger charge is -2.47. The molecule has 0 heterocycles. The van der Waals surface area contributed by atoms with Gasteiger partial charge in [-0.25, -0.2) is 0 Å². The van der Waals surface area contributed by atoms with Crippen molar-refractivity contribution in [1.82, 2.24) is 0 Å². The summed E-state index contributed by atoms with van der Waals surface area (Å²) >= 11 is 0. The summed E-state index contributed by atoms with van der Waals surface area (Å²) in [4.78, 5) is 0. The Labute approximate surface area is 226 Å². The van der Waals surface area contributed by atoms with Gasteiger partial charge < -0.3 is 9.47 Å². The van der Waals surface area contributed by atoms with Gasteiger partial charge in [-0.2, -0.15) is 8.78 Å². The van der Waals surface area contributed by atoms with Crippen molar-refractivity contribution >= 4 is 5.57 Å². The average molecular weight is 519 g/mol. The molecule has 0 aliphatic heterocycles. The Morgan fingerprint density at radius 3 is 2.26 bits per heavy atom. The first-order chi connectivity index (χ1) is 18.4. The van der Waals surface area contributed by atoms with E-state index in [9.17, 15) is 8.78 Å². The van der Waals surface area contributed by atoms with Crippen LogP contribution in [0.3, 0.4) is 0 Å². The number of allylic oxidation sites excluding steroid dienone is 5. The number of benzene rings is 2. The molecular formula is C34H40F2O2. The van der Waals surface area contributed by atoms with Gasteiger partial charge in [0.25, 0.3) is 0 Å². The van der Waals surface area contributed by atoms with E-state index in [2.05, 4.69) is 49.9 Å². The van der Waals surface area contributed by atoms with Crippen molar-refractivity contribution in [3.05, 3.63) is 90.0 Å². The molecule has 5 atom stereocenters. The van der Waals surface area contributed by atoms with Gasteiger partial charge in [0.2, 0.25) is 11.6 Å². The van der Waals surface area contributed by atoms with Crippen molar-refractivity contribution in [3.63, 3.8) is 0 Å². The molecule has 0 radical (unpaired) electrons. The topological polar surface area (TPSA) is 18.5 Å². The summed E-state index contributed by atoms with van der Waals surface area (Å²) < 4.78 is 39.1. The highest BCUT2D eigenvalue weighted by atomic mass is 19.2. The van der Waals surface area contributed by atoms with E-state index < -0.39 is 11.6 Å². The first-order valence-corrected chi connectivity index (χ1v) is 14.2. The summed E-state index contributed by atoms with van der Waals surface area (Å²) in [5.74, 6) is 1.02. The molecule has 4 heteroatoms. The highest BCUT2D eigenvalue weighted by Crippen LogP contribution is 2.52. The molecule has 2 saturated carbocycles. The van der Waals surface area contributed by atoms with Crippen molar-refractivity contribution in [1.29, 1.82) is 0 Å². The predicted octanol–water partition coefficient (Wildman–Crippen LogP) is 9.31. The van der Waals surface area contributed by atoms with Gasteiger partial charge in [-0.15, -0.1) is 6.58 Å². The van der Waals surface area contributed by atoms with Crippen LogP contribution >= 0.6 is 0 Å². The maximum Gasteiger partial charge on any atom is 0.204 e. The van der Waals surface area contributed by atoms with Crippen LogP contribution in [0, 0.1) is 40.7 Å². The van der Waals surface area contributed by atoms with Crippen molar-refractivity contribution < 1.29 is 18.3 Å². The summed E-state index contributed by atoms with van der Waals surface area (Å²) in [6, 6.07) is 10.9. The molecule has 0 aromatic heterocycles. The molecule has 3 aliphatic rings. The lowest BCUT2D eigenvalue weighted by molar-refractivity contribution is 0.0662. The SMILES string of the molecule is C=CC1CCC2CC(C3(C)C=CC(c4ccc(COc5ccc(OCC)c(F)c5F)cc4)=CC3)CCC2C1. The molecule has 0 N–H and O–H groups in total. The van der Waals surface area contributed by atoms with Crippen LogP contribution in [0.2, 0.25) is 0 Å². The highest BCUT2D eigenvalue weighted by molar-refractivity contribution is 5.75. The van der Waals surface area contributed by atoms with E-state index in [4.69, 9.17) is 9.47 Å². The molecule has 5 unspecified atom stereocenters. The van der Waals surface area contributed by atoms with E-state index in [1.807, 2.05) is 12.1 Å². The second kappa shape index (κ2) is 11.5. The molecule has 0 spiro atoms. The molecule has 3 aliphatic carbocycles. The Morgan fingerprint density at radius 1 is 0.921 bits per heavy atom. The van der Waals surface area contributed by atoms with Crippen molar-refractivity contribution in [2.24, 2.45) is 29.1 Å². The average Bonchev–Trinajstić information content (AvgIpc) is 2.95. The molecule has 2 fully saturated rings. The molecule has 2 nitrogen and oxygen atoms in total. The Kier molecular flexibility index (Phi) is 8.07. The minimum Gasteiger partial charge on any atom is -0.491 e. The van der Waals surface area contributed by atoms with Crippen LogP contribution in [0.15, 0.2) is 67.3 Å². The van der Waals surface area contributed by atoms with E-state index in [1.54, 1.807) is 6.92 Å². The molecule has 202 valence electrons. The highest BCUT2D eigenvalue weighted by Gasteiger charge is 2.41. The van der Waals surface area contributed by atoms with E-state index in [0.29, 0.717) is 0 Å². The van der Waals surface area contributed by atoms with Crippen LogP contribution in [0.1, 0.15) is 69.9 Å². The normalized spacial score (nSPS) is 28.8. The zero-order valence-corrected chi connectivity index (χ0v) is 22.7. The number of fused-ring (bicyclic) bond motifs is 1. The number of hydrogen-bond acceptors (Lipinski definition) is 2. The Bertz CT molecular complexity index is 1200. The van der Waals surface area contributed by atoms with Crippen LogP contribution in [-0.4, -0.2) is 6.61 Å². The van der Waals surface area contributed by atoms with E-state index in [-0.39, 0.29) is 30.1 Å². The molecule has 2 aromatic carbocycles. The predicted molar refractivity (Wildman–Crippen MR) is 150 cm³/mol. The molecule has 0 saturated heterocycles. The van der Waals surface area contributed by atoms with Crippen LogP contribution in [0.4, 0.5) is 8.78 Å². The largest absolute Gasteiger partial charge is 0.491 e. The monoisotopic (exact) mass is 518 g/mol. The molecule has 0 bridgehead atoms. The lowest BCUT2D eigenvalue weighted by atomic mass is 9.58. The van der Waals surface area contributed by atoms with Gasteiger partial charge in [-0.1, -0.05) is 55.5 Å². The van der Waals surface area contributed by atoms with Crippen LogP contribution in [0.25, 0.3) is 5.57 Å².